The monoisotopic (exact) mass is 332 g/mol. The molecule has 0 aromatic heterocycles. The van der Waals surface area contributed by atoms with Gasteiger partial charge in [-0.15, -0.1) is 0 Å². The number of nitrogens with zero attached hydrogens (tertiary/aromatic N) is 2. The van der Waals surface area contributed by atoms with Crippen molar-refractivity contribution < 1.29 is 0 Å². The van der Waals surface area contributed by atoms with Gasteiger partial charge < -0.3 is 4.90 Å². The van der Waals surface area contributed by atoms with Gasteiger partial charge in [-0.3, -0.25) is 4.90 Å². The molecule has 0 amide bonds. The van der Waals surface area contributed by atoms with E-state index in [0.717, 1.165) is 18.5 Å². The number of benzene rings is 2. The van der Waals surface area contributed by atoms with E-state index < -0.39 is 0 Å². The van der Waals surface area contributed by atoms with Gasteiger partial charge in [-0.05, 0) is 56.8 Å². The van der Waals surface area contributed by atoms with Crippen LogP contribution in [0.15, 0.2) is 42.5 Å². The van der Waals surface area contributed by atoms with Crippen molar-refractivity contribution in [3.63, 3.8) is 0 Å². The molecule has 0 aliphatic carbocycles. The van der Waals surface area contributed by atoms with Crippen LogP contribution in [0.1, 0.15) is 47.6 Å². The summed E-state index contributed by atoms with van der Waals surface area (Å²) in [6.45, 7) is 7.99. The second-order valence-electron chi connectivity index (χ2n) is 8.32. The fourth-order valence-corrected chi connectivity index (χ4v) is 5.53. The summed E-state index contributed by atoms with van der Waals surface area (Å²) in [4.78, 5) is 5.48. The maximum Gasteiger partial charge on any atom is 0.0420 e. The zero-order valence-corrected chi connectivity index (χ0v) is 15.4. The molecular weight excluding hydrogens is 304 g/mol. The third-order valence-electron chi connectivity index (χ3n) is 6.66. The number of likely N-dealkylation sites (tertiary alicyclic amines) is 1. The van der Waals surface area contributed by atoms with Crippen molar-refractivity contribution in [2.75, 3.05) is 18.0 Å². The zero-order valence-electron chi connectivity index (χ0n) is 15.4. The van der Waals surface area contributed by atoms with Crippen molar-refractivity contribution in [3.8, 4) is 0 Å². The highest BCUT2D eigenvalue weighted by atomic mass is 15.3. The largest absolute Gasteiger partial charge is 0.368 e. The average Bonchev–Trinajstić information content (AvgIpc) is 3.24. The highest BCUT2D eigenvalue weighted by molar-refractivity contribution is 5.61. The van der Waals surface area contributed by atoms with Gasteiger partial charge in [0.1, 0.15) is 0 Å². The van der Waals surface area contributed by atoms with Crippen molar-refractivity contribution in [2.45, 2.75) is 51.7 Å². The van der Waals surface area contributed by atoms with E-state index in [9.17, 15) is 0 Å². The van der Waals surface area contributed by atoms with Crippen molar-refractivity contribution in [1.29, 1.82) is 0 Å². The molecule has 2 heteroatoms. The lowest BCUT2D eigenvalue weighted by atomic mass is 9.81. The summed E-state index contributed by atoms with van der Waals surface area (Å²) < 4.78 is 0. The number of hydrogen-bond acceptors (Lipinski definition) is 2. The average molecular weight is 332 g/mol. The van der Waals surface area contributed by atoms with Gasteiger partial charge in [0.2, 0.25) is 0 Å². The maximum atomic E-state index is 2.75. The molecule has 2 aromatic carbocycles. The van der Waals surface area contributed by atoms with Crippen LogP contribution >= 0.6 is 0 Å². The van der Waals surface area contributed by atoms with E-state index in [-0.39, 0.29) is 0 Å². The van der Waals surface area contributed by atoms with E-state index >= 15 is 0 Å². The Bertz CT molecular complexity index is 779. The lowest BCUT2D eigenvalue weighted by Crippen LogP contribution is -2.43. The van der Waals surface area contributed by atoms with E-state index in [0.29, 0.717) is 6.04 Å². The Kier molecular flexibility index (Phi) is 3.63. The van der Waals surface area contributed by atoms with E-state index in [4.69, 9.17) is 0 Å². The fraction of sp³-hybridized carbons (Fsp3) is 0.478. The second kappa shape index (κ2) is 5.88. The molecule has 130 valence electrons. The van der Waals surface area contributed by atoms with Gasteiger partial charge in [0.15, 0.2) is 0 Å². The van der Waals surface area contributed by atoms with Gasteiger partial charge in [0.25, 0.3) is 0 Å². The third-order valence-corrected chi connectivity index (χ3v) is 6.66. The van der Waals surface area contributed by atoms with Crippen LogP contribution in [0.2, 0.25) is 0 Å². The Hall–Kier alpha value is -1.80. The topological polar surface area (TPSA) is 6.48 Å². The Morgan fingerprint density at radius 2 is 1.72 bits per heavy atom. The highest BCUT2D eigenvalue weighted by Crippen LogP contribution is 2.52. The van der Waals surface area contributed by atoms with Crippen LogP contribution in [0.3, 0.4) is 0 Å². The molecule has 3 aliphatic heterocycles. The standard InChI is InChI=1S/C23H28N2/c1-16-5-8-18(9-6-16)15-24-13-11-19-21-4-3-12-25(21)22-10-7-17(2)14-20(22)23(19)24/h5-10,14,19,21,23H,3-4,11-13,15H2,1-2H3/t19-,21-,23-/m1/s1. The summed E-state index contributed by atoms with van der Waals surface area (Å²) >= 11 is 0. The van der Waals surface area contributed by atoms with Crippen LogP contribution in [0.25, 0.3) is 0 Å². The summed E-state index contributed by atoms with van der Waals surface area (Å²) in [6, 6.07) is 17.7. The lowest BCUT2D eigenvalue weighted by molar-refractivity contribution is 0.199. The number of hydrogen-bond donors (Lipinski definition) is 0. The second-order valence-corrected chi connectivity index (χ2v) is 8.32. The van der Waals surface area contributed by atoms with Crippen LogP contribution in [0.5, 0.6) is 0 Å². The van der Waals surface area contributed by atoms with Crippen molar-refractivity contribution in [2.24, 2.45) is 5.92 Å². The van der Waals surface area contributed by atoms with Crippen LogP contribution in [-0.2, 0) is 6.54 Å². The van der Waals surface area contributed by atoms with Gasteiger partial charge in [-0.1, -0.05) is 47.5 Å². The molecule has 2 fully saturated rings. The third kappa shape index (κ3) is 2.50. The maximum absolute atomic E-state index is 2.75. The molecule has 0 N–H and O–H groups in total. The number of fused-ring (bicyclic) bond motifs is 6. The van der Waals surface area contributed by atoms with Gasteiger partial charge in [0.05, 0.1) is 0 Å². The molecule has 25 heavy (non-hydrogen) atoms. The summed E-state index contributed by atoms with van der Waals surface area (Å²) in [5, 5.41) is 0. The van der Waals surface area contributed by atoms with Crippen molar-refractivity contribution >= 4 is 5.69 Å². The van der Waals surface area contributed by atoms with E-state index in [1.807, 2.05) is 0 Å². The Morgan fingerprint density at radius 3 is 2.56 bits per heavy atom. The molecular formula is C23H28N2. The first-order valence-corrected chi connectivity index (χ1v) is 9.87. The van der Waals surface area contributed by atoms with E-state index in [1.165, 1.54) is 54.7 Å². The van der Waals surface area contributed by atoms with E-state index in [1.54, 1.807) is 5.56 Å². The van der Waals surface area contributed by atoms with Crippen LogP contribution < -0.4 is 4.90 Å². The summed E-state index contributed by atoms with van der Waals surface area (Å²) in [6.07, 6.45) is 4.09. The van der Waals surface area contributed by atoms with Crippen molar-refractivity contribution in [1.82, 2.24) is 4.90 Å². The SMILES string of the molecule is Cc1ccc(CN2CC[C@@H]3[C@H]4CCCN4c4ccc(C)cc4[C@@H]32)cc1. The Labute approximate surface area is 151 Å². The molecule has 2 saturated heterocycles. The number of rotatable bonds is 2. The molecule has 0 radical (unpaired) electrons. The molecule has 5 rings (SSSR count). The van der Waals surface area contributed by atoms with E-state index in [2.05, 4.69) is 66.1 Å². The minimum atomic E-state index is 0.607. The minimum absolute atomic E-state index is 0.607. The molecule has 0 saturated carbocycles. The normalized spacial score (nSPS) is 27.9. The first kappa shape index (κ1) is 15.5. The molecule has 3 heterocycles. The quantitative estimate of drug-likeness (QED) is 0.776. The number of anilines is 1. The molecule has 3 aliphatic rings. The first-order chi connectivity index (χ1) is 12.2. The molecule has 2 nitrogen and oxygen atoms in total. The van der Waals surface area contributed by atoms with Gasteiger partial charge in [-0.25, -0.2) is 0 Å². The molecule has 0 spiro atoms. The lowest BCUT2D eigenvalue weighted by Gasteiger charge is -2.44. The minimum Gasteiger partial charge on any atom is -0.368 e. The number of aryl methyl sites for hydroxylation is 2. The van der Waals surface area contributed by atoms with Crippen LogP contribution in [-0.4, -0.2) is 24.0 Å². The molecule has 2 aromatic rings. The van der Waals surface area contributed by atoms with Crippen molar-refractivity contribution in [3.05, 3.63) is 64.7 Å². The fourth-order valence-electron chi connectivity index (χ4n) is 5.53. The van der Waals surface area contributed by atoms with Gasteiger partial charge in [0, 0.05) is 36.8 Å². The van der Waals surface area contributed by atoms with Gasteiger partial charge in [-0.2, -0.15) is 0 Å². The molecule has 3 atom stereocenters. The summed E-state index contributed by atoms with van der Waals surface area (Å²) in [5.74, 6) is 0.808. The Balaban J connectivity index is 1.52. The highest BCUT2D eigenvalue weighted by Gasteiger charge is 2.48. The van der Waals surface area contributed by atoms with Gasteiger partial charge >= 0.3 is 0 Å². The first-order valence-electron chi connectivity index (χ1n) is 9.87. The predicted octanol–water partition coefficient (Wildman–Crippen LogP) is 4.85. The molecule has 0 unspecified atom stereocenters. The Morgan fingerprint density at radius 1 is 0.920 bits per heavy atom. The smallest absolute Gasteiger partial charge is 0.0420 e. The predicted molar refractivity (Wildman–Crippen MR) is 104 cm³/mol. The summed E-state index contributed by atoms with van der Waals surface area (Å²) in [7, 11) is 0. The zero-order chi connectivity index (χ0) is 17.0. The molecule has 0 bridgehead atoms. The van der Waals surface area contributed by atoms with Crippen LogP contribution in [0, 0.1) is 19.8 Å². The summed E-state index contributed by atoms with van der Waals surface area (Å²) in [5.41, 5.74) is 7.31. The van der Waals surface area contributed by atoms with Crippen LogP contribution in [0.4, 0.5) is 5.69 Å².